The summed E-state index contributed by atoms with van der Waals surface area (Å²) >= 11 is 7.93. The van der Waals surface area contributed by atoms with Crippen molar-refractivity contribution in [3.63, 3.8) is 0 Å². The highest BCUT2D eigenvalue weighted by Crippen LogP contribution is 2.22. The highest BCUT2D eigenvalue weighted by molar-refractivity contribution is 7.99. The molecule has 1 N–H and O–H groups in total. The number of aryl methyl sites for hydroxylation is 1. The standard InChI is InChI=1S/C25H31ClN2O2S/c1-18-9-3-4-11-21(18)16-31-17-24(29)28(15-20-10-5-8-14-23(20)26)19(2)25(30)27-22-12-6-7-13-22/h3-5,8-11,14,19,22H,6-7,12-13,15-17H2,1-2H3,(H,27,30). The Labute approximate surface area is 194 Å². The fourth-order valence-corrected chi connectivity index (χ4v) is 5.07. The van der Waals surface area contributed by atoms with E-state index in [0.717, 1.165) is 37.0 Å². The molecule has 0 radical (unpaired) electrons. The maximum absolute atomic E-state index is 13.2. The van der Waals surface area contributed by atoms with E-state index in [1.165, 1.54) is 11.1 Å². The second kappa shape index (κ2) is 11.6. The van der Waals surface area contributed by atoms with E-state index < -0.39 is 6.04 Å². The number of amides is 2. The molecule has 1 aliphatic carbocycles. The van der Waals surface area contributed by atoms with Gasteiger partial charge in [0.2, 0.25) is 11.8 Å². The average Bonchev–Trinajstić information content (AvgIpc) is 3.27. The molecule has 6 heteroatoms. The Morgan fingerprint density at radius 1 is 1.10 bits per heavy atom. The third-order valence-corrected chi connectivity index (χ3v) is 7.25. The molecule has 31 heavy (non-hydrogen) atoms. The molecule has 1 atom stereocenters. The summed E-state index contributed by atoms with van der Waals surface area (Å²) in [5.41, 5.74) is 3.30. The number of nitrogens with zero attached hydrogens (tertiary/aromatic N) is 1. The maximum atomic E-state index is 13.2. The van der Waals surface area contributed by atoms with Gasteiger partial charge in [-0.3, -0.25) is 9.59 Å². The summed E-state index contributed by atoms with van der Waals surface area (Å²) in [6.07, 6.45) is 4.33. The van der Waals surface area contributed by atoms with E-state index in [9.17, 15) is 9.59 Å². The molecule has 0 spiro atoms. The molecule has 1 fully saturated rings. The first-order valence-electron chi connectivity index (χ1n) is 10.9. The lowest BCUT2D eigenvalue weighted by atomic mass is 10.1. The minimum Gasteiger partial charge on any atom is -0.352 e. The molecule has 1 unspecified atom stereocenters. The van der Waals surface area contributed by atoms with E-state index in [2.05, 4.69) is 24.4 Å². The van der Waals surface area contributed by atoms with E-state index in [-0.39, 0.29) is 17.9 Å². The van der Waals surface area contributed by atoms with Crippen LogP contribution < -0.4 is 5.32 Å². The van der Waals surface area contributed by atoms with Gasteiger partial charge >= 0.3 is 0 Å². The number of halogens is 1. The van der Waals surface area contributed by atoms with E-state index in [1.807, 2.05) is 43.3 Å². The largest absolute Gasteiger partial charge is 0.352 e. The SMILES string of the molecule is Cc1ccccc1CSCC(=O)N(Cc1ccccc1Cl)C(C)C(=O)NC1CCCC1. The average molecular weight is 459 g/mol. The Morgan fingerprint density at radius 3 is 2.42 bits per heavy atom. The lowest BCUT2D eigenvalue weighted by molar-refractivity contribution is -0.138. The van der Waals surface area contributed by atoms with Gasteiger partial charge in [-0.15, -0.1) is 11.8 Å². The fraction of sp³-hybridized carbons (Fsp3) is 0.440. The van der Waals surface area contributed by atoms with Crippen molar-refractivity contribution in [2.24, 2.45) is 0 Å². The number of hydrogen-bond donors (Lipinski definition) is 1. The van der Waals surface area contributed by atoms with Gasteiger partial charge in [-0.25, -0.2) is 0 Å². The van der Waals surface area contributed by atoms with Gasteiger partial charge in [0.15, 0.2) is 0 Å². The quantitative estimate of drug-likeness (QED) is 0.550. The highest BCUT2D eigenvalue weighted by atomic mass is 35.5. The van der Waals surface area contributed by atoms with Gasteiger partial charge in [-0.2, -0.15) is 0 Å². The van der Waals surface area contributed by atoms with Crippen molar-refractivity contribution in [2.45, 2.75) is 63.9 Å². The number of hydrogen-bond acceptors (Lipinski definition) is 3. The lowest BCUT2D eigenvalue weighted by Gasteiger charge is -2.30. The van der Waals surface area contributed by atoms with E-state index >= 15 is 0 Å². The van der Waals surface area contributed by atoms with Crippen LogP contribution in [0.4, 0.5) is 0 Å². The highest BCUT2D eigenvalue weighted by Gasteiger charge is 2.28. The topological polar surface area (TPSA) is 49.4 Å². The van der Waals surface area contributed by atoms with Crippen LogP contribution in [0.1, 0.15) is 49.3 Å². The summed E-state index contributed by atoms with van der Waals surface area (Å²) in [5, 5.41) is 3.74. The molecule has 166 valence electrons. The van der Waals surface area contributed by atoms with Crippen molar-refractivity contribution >= 4 is 35.2 Å². The predicted octanol–water partition coefficient (Wildman–Crippen LogP) is 5.36. The molecular formula is C25H31ClN2O2S. The summed E-state index contributed by atoms with van der Waals surface area (Å²) in [4.78, 5) is 27.8. The smallest absolute Gasteiger partial charge is 0.242 e. The Kier molecular flexibility index (Phi) is 8.85. The number of carbonyl (C=O) groups is 2. The van der Waals surface area contributed by atoms with Crippen LogP contribution in [-0.4, -0.2) is 34.6 Å². The molecule has 0 bridgehead atoms. The third kappa shape index (κ3) is 6.75. The van der Waals surface area contributed by atoms with Crippen LogP contribution in [-0.2, 0) is 21.9 Å². The fourth-order valence-electron chi connectivity index (χ4n) is 3.89. The van der Waals surface area contributed by atoms with Crippen LogP contribution in [0.3, 0.4) is 0 Å². The Balaban J connectivity index is 1.67. The zero-order valence-electron chi connectivity index (χ0n) is 18.3. The van der Waals surface area contributed by atoms with Crippen molar-refractivity contribution in [1.82, 2.24) is 10.2 Å². The number of carbonyl (C=O) groups excluding carboxylic acids is 2. The van der Waals surface area contributed by atoms with Gasteiger partial charge in [0.25, 0.3) is 0 Å². The Bertz CT molecular complexity index is 899. The second-order valence-electron chi connectivity index (χ2n) is 8.20. The number of benzene rings is 2. The molecule has 0 aromatic heterocycles. The van der Waals surface area contributed by atoms with E-state index in [4.69, 9.17) is 11.6 Å². The Hall–Kier alpha value is -1.98. The normalized spacial score (nSPS) is 14.9. The van der Waals surface area contributed by atoms with Crippen molar-refractivity contribution < 1.29 is 9.59 Å². The minimum absolute atomic E-state index is 0.0485. The van der Waals surface area contributed by atoms with Crippen LogP contribution in [0.25, 0.3) is 0 Å². The van der Waals surface area contributed by atoms with Crippen LogP contribution in [0.2, 0.25) is 5.02 Å². The summed E-state index contributed by atoms with van der Waals surface area (Å²) in [7, 11) is 0. The first-order chi connectivity index (χ1) is 15.0. The van der Waals surface area contributed by atoms with Gasteiger partial charge in [0, 0.05) is 23.4 Å². The minimum atomic E-state index is -0.552. The molecule has 3 rings (SSSR count). The van der Waals surface area contributed by atoms with E-state index in [0.29, 0.717) is 17.3 Å². The molecule has 1 aliphatic rings. The zero-order valence-corrected chi connectivity index (χ0v) is 19.8. The van der Waals surface area contributed by atoms with Gasteiger partial charge in [-0.1, -0.05) is 66.9 Å². The molecule has 0 aliphatic heterocycles. The van der Waals surface area contributed by atoms with Crippen molar-refractivity contribution in [2.75, 3.05) is 5.75 Å². The molecular weight excluding hydrogens is 428 g/mol. The van der Waals surface area contributed by atoms with Crippen LogP contribution in [0.15, 0.2) is 48.5 Å². The molecule has 0 heterocycles. The molecule has 4 nitrogen and oxygen atoms in total. The van der Waals surface area contributed by atoms with Crippen LogP contribution in [0.5, 0.6) is 0 Å². The van der Waals surface area contributed by atoms with E-state index in [1.54, 1.807) is 16.7 Å². The molecule has 1 saturated carbocycles. The van der Waals surface area contributed by atoms with Gasteiger partial charge in [-0.05, 0) is 49.4 Å². The number of thioether (sulfide) groups is 1. The lowest BCUT2D eigenvalue weighted by Crippen LogP contribution is -2.50. The predicted molar refractivity (Wildman–Crippen MR) is 129 cm³/mol. The van der Waals surface area contributed by atoms with Crippen molar-refractivity contribution in [1.29, 1.82) is 0 Å². The van der Waals surface area contributed by atoms with Gasteiger partial charge in [0.1, 0.15) is 6.04 Å². The summed E-state index contributed by atoms with van der Waals surface area (Å²) in [5.74, 6) is 0.949. The Morgan fingerprint density at radius 2 is 1.74 bits per heavy atom. The van der Waals surface area contributed by atoms with Gasteiger partial charge < -0.3 is 10.2 Å². The second-order valence-corrected chi connectivity index (χ2v) is 9.59. The first kappa shape index (κ1) is 23.7. The number of nitrogens with one attached hydrogen (secondary N) is 1. The third-order valence-electron chi connectivity index (χ3n) is 5.91. The number of rotatable bonds is 9. The molecule has 2 aromatic rings. The summed E-state index contributed by atoms with van der Waals surface area (Å²) in [6, 6.07) is 15.4. The summed E-state index contributed by atoms with van der Waals surface area (Å²) < 4.78 is 0. The monoisotopic (exact) mass is 458 g/mol. The maximum Gasteiger partial charge on any atom is 0.242 e. The zero-order chi connectivity index (χ0) is 22.2. The first-order valence-corrected chi connectivity index (χ1v) is 12.4. The molecule has 0 saturated heterocycles. The molecule has 2 amide bonds. The summed E-state index contributed by atoms with van der Waals surface area (Å²) in [6.45, 7) is 4.21. The molecule has 2 aromatic carbocycles. The van der Waals surface area contributed by atoms with Gasteiger partial charge in [0.05, 0.1) is 5.75 Å². The van der Waals surface area contributed by atoms with Crippen LogP contribution in [0, 0.1) is 6.92 Å². The van der Waals surface area contributed by atoms with Crippen molar-refractivity contribution in [3.8, 4) is 0 Å². The van der Waals surface area contributed by atoms with Crippen LogP contribution >= 0.6 is 23.4 Å². The van der Waals surface area contributed by atoms with Crippen molar-refractivity contribution in [3.05, 3.63) is 70.2 Å².